The lowest BCUT2D eigenvalue weighted by Crippen LogP contribution is -1.91. The van der Waals surface area contributed by atoms with E-state index in [0.29, 0.717) is 0 Å². The van der Waals surface area contributed by atoms with Crippen LogP contribution in [0.2, 0.25) is 0 Å². The molecule has 1 aromatic carbocycles. The molecule has 2 aromatic rings. The van der Waals surface area contributed by atoms with E-state index in [1.165, 1.54) is 18.0 Å². The van der Waals surface area contributed by atoms with Gasteiger partial charge in [0.1, 0.15) is 5.75 Å². The maximum atomic E-state index is 10.7. The van der Waals surface area contributed by atoms with E-state index in [4.69, 9.17) is 9.84 Å². The first-order valence-corrected chi connectivity index (χ1v) is 5.74. The van der Waals surface area contributed by atoms with Gasteiger partial charge in [-0.25, -0.2) is 4.79 Å². The van der Waals surface area contributed by atoms with Gasteiger partial charge in [0.2, 0.25) is 0 Å². The van der Waals surface area contributed by atoms with Crippen LogP contribution in [0, 0.1) is 0 Å². The molecule has 0 saturated carbocycles. The Bertz CT molecular complexity index is 519. The molecule has 1 heterocycles. The van der Waals surface area contributed by atoms with Crippen LogP contribution in [-0.2, 0) is 0 Å². The van der Waals surface area contributed by atoms with Gasteiger partial charge in [-0.15, -0.1) is 0 Å². The van der Waals surface area contributed by atoms with Crippen molar-refractivity contribution in [1.29, 1.82) is 0 Å². The van der Waals surface area contributed by atoms with Crippen LogP contribution in [0.15, 0.2) is 46.5 Å². The van der Waals surface area contributed by atoms with E-state index in [0.717, 1.165) is 15.7 Å². The largest absolute Gasteiger partial charge is 0.497 e. The lowest BCUT2D eigenvalue weighted by Gasteiger charge is -2.01. The molecule has 4 nitrogen and oxygen atoms in total. The standard InChI is InChI=1S/C12H11NO3S/c1-16-9-2-4-10(5-3-9)17-11-6-8(7-13-11)12(14)15/h2-7,13H,1H3,(H,14,15). The van der Waals surface area contributed by atoms with Crippen molar-refractivity contribution < 1.29 is 14.6 Å². The zero-order chi connectivity index (χ0) is 12.3. The van der Waals surface area contributed by atoms with Crippen LogP contribution in [0.25, 0.3) is 0 Å². The Morgan fingerprint density at radius 2 is 2.06 bits per heavy atom. The number of carboxylic acids is 1. The van der Waals surface area contributed by atoms with E-state index in [1.807, 2.05) is 24.3 Å². The van der Waals surface area contributed by atoms with E-state index >= 15 is 0 Å². The monoisotopic (exact) mass is 249 g/mol. The van der Waals surface area contributed by atoms with E-state index in [-0.39, 0.29) is 5.56 Å². The Kier molecular flexibility index (Phi) is 3.39. The summed E-state index contributed by atoms with van der Waals surface area (Å²) in [5, 5.41) is 9.59. The lowest BCUT2D eigenvalue weighted by molar-refractivity contribution is 0.0697. The van der Waals surface area contributed by atoms with Crippen LogP contribution < -0.4 is 4.74 Å². The summed E-state index contributed by atoms with van der Waals surface area (Å²) in [6.07, 6.45) is 1.48. The summed E-state index contributed by atoms with van der Waals surface area (Å²) in [4.78, 5) is 14.6. The normalized spacial score (nSPS) is 10.2. The van der Waals surface area contributed by atoms with Crippen molar-refractivity contribution in [2.45, 2.75) is 9.92 Å². The number of carbonyl (C=O) groups is 1. The Morgan fingerprint density at radius 3 is 2.59 bits per heavy atom. The predicted molar refractivity (Wildman–Crippen MR) is 64.9 cm³/mol. The molecule has 0 unspecified atom stereocenters. The van der Waals surface area contributed by atoms with E-state index in [2.05, 4.69) is 4.98 Å². The molecule has 0 aliphatic rings. The molecule has 5 heteroatoms. The average Bonchev–Trinajstić information content (AvgIpc) is 2.79. The summed E-state index contributed by atoms with van der Waals surface area (Å²) in [5.41, 5.74) is 0.265. The number of aromatic nitrogens is 1. The van der Waals surface area contributed by atoms with Gasteiger partial charge < -0.3 is 14.8 Å². The number of methoxy groups -OCH3 is 1. The molecule has 1 aromatic heterocycles. The zero-order valence-electron chi connectivity index (χ0n) is 9.14. The summed E-state index contributed by atoms with van der Waals surface area (Å²) in [6.45, 7) is 0. The van der Waals surface area contributed by atoms with Crippen LogP contribution in [0.3, 0.4) is 0 Å². The predicted octanol–water partition coefficient (Wildman–Crippen LogP) is 2.87. The summed E-state index contributed by atoms with van der Waals surface area (Å²) < 4.78 is 5.06. The molecule has 0 aliphatic heterocycles. The molecule has 2 N–H and O–H groups in total. The number of carboxylic acid groups (broad SMARTS) is 1. The van der Waals surface area contributed by atoms with Crippen LogP contribution in [0.1, 0.15) is 10.4 Å². The third-order valence-electron chi connectivity index (χ3n) is 2.19. The first-order chi connectivity index (χ1) is 8.19. The number of ether oxygens (including phenoxy) is 1. The van der Waals surface area contributed by atoms with Gasteiger partial charge in [0, 0.05) is 11.1 Å². The molecular weight excluding hydrogens is 238 g/mol. The topological polar surface area (TPSA) is 62.3 Å². The molecule has 0 spiro atoms. The smallest absolute Gasteiger partial charge is 0.337 e. The molecule has 88 valence electrons. The Morgan fingerprint density at radius 1 is 1.35 bits per heavy atom. The van der Waals surface area contributed by atoms with Gasteiger partial charge in [0.25, 0.3) is 0 Å². The van der Waals surface area contributed by atoms with Gasteiger partial charge in [0.05, 0.1) is 17.7 Å². The molecule has 17 heavy (non-hydrogen) atoms. The third kappa shape index (κ3) is 2.82. The van der Waals surface area contributed by atoms with Gasteiger partial charge in [-0.05, 0) is 30.3 Å². The van der Waals surface area contributed by atoms with E-state index in [9.17, 15) is 4.79 Å². The molecule has 0 radical (unpaired) electrons. The molecule has 0 atom stereocenters. The van der Waals surface area contributed by atoms with Crippen molar-refractivity contribution in [2.24, 2.45) is 0 Å². The van der Waals surface area contributed by atoms with Gasteiger partial charge >= 0.3 is 5.97 Å². The maximum Gasteiger partial charge on any atom is 0.337 e. The number of aromatic amines is 1. The van der Waals surface area contributed by atoms with Crippen LogP contribution in [0.5, 0.6) is 5.75 Å². The van der Waals surface area contributed by atoms with Gasteiger partial charge in [0.15, 0.2) is 0 Å². The fourth-order valence-corrected chi connectivity index (χ4v) is 2.16. The number of H-pyrrole nitrogens is 1. The Labute approximate surface area is 103 Å². The number of hydrogen-bond acceptors (Lipinski definition) is 3. The zero-order valence-corrected chi connectivity index (χ0v) is 9.95. The SMILES string of the molecule is COc1ccc(Sc2cc(C(=O)O)c[nH]2)cc1. The molecular formula is C12H11NO3S. The van der Waals surface area contributed by atoms with E-state index < -0.39 is 5.97 Å². The van der Waals surface area contributed by atoms with Crippen molar-refractivity contribution in [3.8, 4) is 5.75 Å². The van der Waals surface area contributed by atoms with Crippen LogP contribution >= 0.6 is 11.8 Å². The molecule has 0 saturated heterocycles. The maximum absolute atomic E-state index is 10.7. The third-order valence-corrected chi connectivity index (χ3v) is 3.15. The van der Waals surface area contributed by atoms with Gasteiger partial charge in [-0.1, -0.05) is 11.8 Å². The minimum Gasteiger partial charge on any atom is -0.497 e. The lowest BCUT2D eigenvalue weighted by atomic mass is 10.3. The second-order valence-corrected chi connectivity index (χ2v) is 4.45. The van der Waals surface area contributed by atoms with Gasteiger partial charge in [-0.2, -0.15) is 0 Å². The molecule has 0 aliphatic carbocycles. The summed E-state index contributed by atoms with van der Waals surface area (Å²) in [7, 11) is 1.62. The number of nitrogens with one attached hydrogen (secondary N) is 1. The number of benzene rings is 1. The number of hydrogen-bond donors (Lipinski definition) is 2. The van der Waals surface area contributed by atoms with E-state index in [1.54, 1.807) is 13.2 Å². The number of aromatic carboxylic acids is 1. The Hall–Kier alpha value is -1.88. The molecule has 2 rings (SSSR count). The second-order valence-electron chi connectivity index (χ2n) is 3.34. The number of rotatable bonds is 4. The minimum atomic E-state index is -0.928. The summed E-state index contributed by atoms with van der Waals surface area (Å²) in [5.74, 6) is -0.130. The Balaban J connectivity index is 2.11. The molecule has 0 fully saturated rings. The summed E-state index contributed by atoms with van der Waals surface area (Å²) in [6, 6.07) is 9.18. The van der Waals surface area contributed by atoms with Crippen LogP contribution in [0.4, 0.5) is 0 Å². The highest BCUT2D eigenvalue weighted by atomic mass is 32.2. The van der Waals surface area contributed by atoms with Gasteiger partial charge in [-0.3, -0.25) is 0 Å². The van der Waals surface area contributed by atoms with Crippen LogP contribution in [-0.4, -0.2) is 23.2 Å². The van der Waals surface area contributed by atoms with Crippen molar-refractivity contribution in [1.82, 2.24) is 4.98 Å². The van der Waals surface area contributed by atoms with Crippen molar-refractivity contribution in [2.75, 3.05) is 7.11 Å². The first-order valence-electron chi connectivity index (χ1n) is 4.92. The van der Waals surface area contributed by atoms with Crippen molar-refractivity contribution in [3.63, 3.8) is 0 Å². The molecule has 0 amide bonds. The second kappa shape index (κ2) is 4.97. The van der Waals surface area contributed by atoms with Crippen molar-refractivity contribution >= 4 is 17.7 Å². The fourth-order valence-electron chi connectivity index (χ4n) is 1.33. The first kappa shape index (κ1) is 11.6. The minimum absolute atomic E-state index is 0.265. The molecule has 0 bridgehead atoms. The quantitative estimate of drug-likeness (QED) is 0.874. The summed E-state index contributed by atoms with van der Waals surface area (Å²) >= 11 is 1.47. The van der Waals surface area contributed by atoms with Crippen molar-refractivity contribution in [3.05, 3.63) is 42.1 Å². The highest BCUT2D eigenvalue weighted by Gasteiger charge is 2.06. The fraction of sp³-hybridized carbons (Fsp3) is 0.0833. The highest BCUT2D eigenvalue weighted by Crippen LogP contribution is 2.28. The average molecular weight is 249 g/mol. The highest BCUT2D eigenvalue weighted by molar-refractivity contribution is 7.99.